The monoisotopic (exact) mass is 271 g/mol. The van der Waals surface area contributed by atoms with E-state index in [1.165, 1.54) is 0 Å². The number of aliphatic hydroxyl groups excluding tert-OH is 1. The molecular formula is C14H17N5O. The summed E-state index contributed by atoms with van der Waals surface area (Å²) in [6.07, 6.45) is 4.76. The van der Waals surface area contributed by atoms with E-state index in [1.807, 2.05) is 12.3 Å². The van der Waals surface area contributed by atoms with Gasteiger partial charge in [-0.1, -0.05) is 0 Å². The Morgan fingerprint density at radius 3 is 3.15 bits per heavy atom. The molecule has 0 radical (unpaired) electrons. The Kier molecular flexibility index (Phi) is 2.55. The number of likely N-dealkylation sites (N-methyl/N-ethyl adjacent to an activating group) is 1. The highest BCUT2D eigenvalue weighted by atomic mass is 16.3. The van der Waals surface area contributed by atoms with Crippen molar-refractivity contribution >= 4 is 22.1 Å². The summed E-state index contributed by atoms with van der Waals surface area (Å²) in [6, 6.07) is 2.40. The maximum absolute atomic E-state index is 9.64. The van der Waals surface area contributed by atoms with Crippen molar-refractivity contribution in [1.29, 1.82) is 0 Å². The van der Waals surface area contributed by atoms with Crippen LogP contribution in [0.5, 0.6) is 0 Å². The zero-order chi connectivity index (χ0) is 13.7. The van der Waals surface area contributed by atoms with Gasteiger partial charge in [0.15, 0.2) is 0 Å². The summed E-state index contributed by atoms with van der Waals surface area (Å²) < 4.78 is 2.21. The van der Waals surface area contributed by atoms with Gasteiger partial charge < -0.3 is 19.6 Å². The van der Waals surface area contributed by atoms with E-state index >= 15 is 0 Å². The molecular weight excluding hydrogens is 254 g/mol. The van der Waals surface area contributed by atoms with Crippen LogP contribution in [0.25, 0.3) is 22.1 Å². The van der Waals surface area contributed by atoms with Gasteiger partial charge >= 0.3 is 0 Å². The Labute approximate surface area is 116 Å². The average molecular weight is 271 g/mol. The zero-order valence-electron chi connectivity index (χ0n) is 11.4. The van der Waals surface area contributed by atoms with Crippen molar-refractivity contribution in [2.24, 2.45) is 0 Å². The molecule has 1 unspecified atom stereocenters. The van der Waals surface area contributed by atoms with E-state index in [4.69, 9.17) is 0 Å². The van der Waals surface area contributed by atoms with Crippen LogP contribution in [0.1, 0.15) is 18.3 Å². The highest BCUT2D eigenvalue weighted by molar-refractivity contribution is 6.01. The van der Waals surface area contributed by atoms with Gasteiger partial charge in [0.25, 0.3) is 0 Å². The van der Waals surface area contributed by atoms with E-state index in [-0.39, 0.29) is 6.61 Å². The lowest BCUT2D eigenvalue weighted by Crippen LogP contribution is -2.18. The van der Waals surface area contributed by atoms with Crippen molar-refractivity contribution in [3.63, 3.8) is 0 Å². The summed E-state index contributed by atoms with van der Waals surface area (Å²) in [5, 5.41) is 10.7. The molecule has 0 bridgehead atoms. The van der Waals surface area contributed by atoms with E-state index in [9.17, 15) is 5.11 Å². The van der Waals surface area contributed by atoms with Crippen LogP contribution in [0.2, 0.25) is 0 Å². The van der Waals surface area contributed by atoms with Gasteiger partial charge in [-0.15, -0.1) is 0 Å². The normalized spacial score (nSPS) is 20.4. The number of nitrogens with zero attached hydrogens (tertiary/aromatic N) is 4. The zero-order valence-corrected chi connectivity index (χ0v) is 11.4. The van der Waals surface area contributed by atoms with Gasteiger partial charge in [0.1, 0.15) is 23.6 Å². The van der Waals surface area contributed by atoms with Crippen LogP contribution in [0.3, 0.4) is 0 Å². The number of aromatic amines is 1. The SMILES string of the molecule is CN1CCC(n2c(CO)nc3cnc4[nH]ccc4c32)C1. The lowest BCUT2D eigenvalue weighted by atomic mass is 10.2. The molecule has 3 aromatic heterocycles. The second kappa shape index (κ2) is 4.29. The van der Waals surface area contributed by atoms with Crippen LogP contribution in [-0.2, 0) is 6.61 Å². The molecule has 4 rings (SSSR count). The smallest absolute Gasteiger partial charge is 0.139 e. The van der Waals surface area contributed by atoms with Gasteiger partial charge in [-0.05, 0) is 26.1 Å². The number of H-pyrrole nitrogens is 1. The molecule has 0 spiro atoms. The third kappa shape index (κ3) is 1.58. The third-order valence-corrected chi connectivity index (χ3v) is 4.18. The standard InChI is InChI=1S/C14H17N5O/c1-18-5-3-9(7-18)19-12(8-20)17-11-6-16-14-10(13(11)19)2-4-15-14/h2,4,6,9,20H,3,5,7-8H2,1H3,(H,15,16). The number of rotatable bonds is 2. The molecule has 3 aromatic rings. The van der Waals surface area contributed by atoms with Crippen LogP contribution < -0.4 is 0 Å². The Hall–Kier alpha value is -1.92. The van der Waals surface area contributed by atoms with Crippen LogP contribution in [0, 0.1) is 0 Å². The van der Waals surface area contributed by atoms with E-state index in [0.29, 0.717) is 6.04 Å². The molecule has 0 aromatic carbocycles. The molecule has 1 aliphatic heterocycles. The van der Waals surface area contributed by atoms with Gasteiger partial charge in [0, 0.05) is 24.2 Å². The van der Waals surface area contributed by atoms with E-state index in [0.717, 1.165) is 47.4 Å². The van der Waals surface area contributed by atoms with Crippen LogP contribution in [0.15, 0.2) is 18.5 Å². The summed E-state index contributed by atoms with van der Waals surface area (Å²) in [5.41, 5.74) is 2.81. The second-order valence-electron chi connectivity index (χ2n) is 5.49. The minimum absolute atomic E-state index is 0.0409. The van der Waals surface area contributed by atoms with Crippen molar-refractivity contribution in [3.8, 4) is 0 Å². The molecule has 2 N–H and O–H groups in total. The van der Waals surface area contributed by atoms with Gasteiger partial charge in [-0.2, -0.15) is 0 Å². The number of likely N-dealkylation sites (tertiary alicyclic amines) is 1. The van der Waals surface area contributed by atoms with Crippen LogP contribution >= 0.6 is 0 Å². The quantitative estimate of drug-likeness (QED) is 0.736. The topological polar surface area (TPSA) is 70.0 Å². The Bertz CT molecular complexity index is 774. The number of nitrogens with one attached hydrogen (secondary N) is 1. The maximum Gasteiger partial charge on any atom is 0.139 e. The largest absolute Gasteiger partial charge is 0.388 e. The first kappa shape index (κ1) is 11.9. The first-order valence-electron chi connectivity index (χ1n) is 6.90. The third-order valence-electron chi connectivity index (χ3n) is 4.18. The number of fused-ring (bicyclic) bond motifs is 3. The molecule has 6 heteroatoms. The Morgan fingerprint density at radius 2 is 2.40 bits per heavy atom. The summed E-state index contributed by atoms with van der Waals surface area (Å²) in [4.78, 5) is 14.4. The maximum atomic E-state index is 9.64. The lowest BCUT2D eigenvalue weighted by Gasteiger charge is -2.16. The van der Waals surface area contributed by atoms with Crippen molar-refractivity contribution in [2.45, 2.75) is 19.1 Å². The molecule has 1 saturated heterocycles. The van der Waals surface area contributed by atoms with E-state index in [1.54, 1.807) is 6.20 Å². The first-order chi connectivity index (χ1) is 9.78. The number of pyridine rings is 1. The van der Waals surface area contributed by atoms with Crippen molar-refractivity contribution in [2.75, 3.05) is 20.1 Å². The fourth-order valence-corrected chi connectivity index (χ4v) is 3.27. The molecule has 4 heterocycles. The number of hydrogen-bond acceptors (Lipinski definition) is 4. The first-order valence-corrected chi connectivity index (χ1v) is 6.90. The highest BCUT2D eigenvalue weighted by Crippen LogP contribution is 2.31. The summed E-state index contributed by atoms with van der Waals surface area (Å²) in [6.45, 7) is 2.03. The van der Waals surface area contributed by atoms with E-state index in [2.05, 4.69) is 31.5 Å². The van der Waals surface area contributed by atoms with E-state index < -0.39 is 0 Å². The predicted molar refractivity (Wildman–Crippen MR) is 76.5 cm³/mol. The summed E-state index contributed by atoms with van der Waals surface area (Å²) >= 11 is 0. The molecule has 1 fully saturated rings. The Balaban J connectivity index is 2.02. The number of aliphatic hydroxyl groups is 1. The molecule has 6 nitrogen and oxygen atoms in total. The number of hydrogen-bond donors (Lipinski definition) is 2. The van der Waals surface area contributed by atoms with Crippen LogP contribution in [0.4, 0.5) is 0 Å². The van der Waals surface area contributed by atoms with Crippen molar-refractivity contribution < 1.29 is 5.11 Å². The predicted octanol–water partition coefficient (Wildman–Crippen LogP) is 1.28. The molecule has 104 valence electrons. The van der Waals surface area contributed by atoms with Gasteiger partial charge in [0.2, 0.25) is 0 Å². The van der Waals surface area contributed by atoms with Crippen molar-refractivity contribution in [3.05, 3.63) is 24.3 Å². The highest BCUT2D eigenvalue weighted by Gasteiger charge is 2.26. The Morgan fingerprint density at radius 1 is 1.50 bits per heavy atom. The average Bonchev–Trinajstić information content (AvgIpc) is 3.13. The molecule has 1 aliphatic rings. The second-order valence-corrected chi connectivity index (χ2v) is 5.49. The molecule has 0 aliphatic carbocycles. The van der Waals surface area contributed by atoms with Crippen LogP contribution in [-0.4, -0.2) is 49.7 Å². The lowest BCUT2D eigenvalue weighted by molar-refractivity contribution is 0.261. The fourth-order valence-electron chi connectivity index (χ4n) is 3.27. The molecule has 1 atom stereocenters. The molecule has 20 heavy (non-hydrogen) atoms. The summed E-state index contributed by atoms with van der Waals surface area (Å²) in [7, 11) is 2.13. The minimum atomic E-state index is -0.0409. The van der Waals surface area contributed by atoms with Gasteiger partial charge in [0.05, 0.1) is 11.7 Å². The fraction of sp³-hybridized carbons (Fsp3) is 0.429. The molecule has 0 saturated carbocycles. The number of aromatic nitrogens is 4. The summed E-state index contributed by atoms with van der Waals surface area (Å²) in [5.74, 6) is 0.732. The van der Waals surface area contributed by atoms with Crippen molar-refractivity contribution in [1.82, 2.24) is 24.4 Å². The number of imidazole rings is 1. The van der Waals surface area contributed by atoms with Gasteiger partial charge in [-0.3, -0.25) is 0 Å². The minimum Gasteiger partial charge on any atom is -0.388 e. The molecule has 0 amide bonds. The van der Waals surface area contributed by atoms with Gasteiger partial charge in [-0.25, -0.2) is 9.97 Å².